The summed E-state index contributed by atoms with van der Waals surface area (Å²) in [4.78, 5) is 13.5. The number of carbonyl (C=O) groups excluding carboxylic acids is 1. The molecule has 80 valence electrons. The van der Waals surface area contributed by atoms with Crippen LogP contribution >= 0.6 is 0 Å². The van der Waals surface area contributed by atoms with E-state index in [4.69, 9.17) is 0 Å². The topological polar surface area (TPSA) is 20.3 Å². The molecule has 0 unspecified atom stereocenters. The largest absolute Gasteiger partial charge is 0.302 e. The van der Waals surface area contributed by atoms with Crippen LogP contribution < -0.4 is 0 Å². The maximum atomic E-state index is 11.0. The average Bonchev–Trinajstić information content (AvgIpc) is 2.70. The van der Waals surface area contributed by atoms with Crippen molar-refractivity contribution in [1.29, 1.82) is 0 Å². The van der Waals surface area contributed by atoms with E-state index < -0.39 is 0 Å². The van der Waals surface area contributed by atoms with E-state index in [1.807, 2.05) is 0 Å². The van der Waals surface area contributed by atoms with Gasteiger partial charge in [0.1, 0.15) is 5.78 Å². The molecule has 1 aliphatic heterocycles. The Labute approximate surface area is 86.7 Å². The molecule has 14 heavy (non-hydrogen) atoms. The fourth-order valence-electron chi connectivity index (χ4n) is 2.69. The first-order valence-corrected chi connectivity index (χ1v) is 6.08. The summed E-state index contributed by atoms with van der Waals surface area (Å²) in [7, 11) is 0. The van der Waals surface area contributed by atoms with Crippen LogP contribution in [0.2, 0.25) is 0 Å². The Balaban J connectivity index is 1.63. The summed E-state index contributed by atoms with van der Waals surface area (Å²) < 4.78 is 0. The van der Waals surface area contributed by atoms with E-state index in [1.54, 1.807) is 0 Å². The summed E-state index contributed by atoms with van der Waals surface area (Å²) in [5.41, 5.74) is 0. The molecule has 2 heteroatoms. The second-order valence-corrected chi connectivity index (χ2v) is 4.82. The first-order valence-electron chi connectivity index (χ1n) is 6.08. The van der Waals surface area contributed by atoms with Crippen LogP contribution in [0.15, 0.2) is 0 Å². The summed E-state index contributed by atoms with van der Waals surface area (Å²) in [6, 6.07) is 0. The zero-order valence-electron chi connectivity index (χ0n) is 9.00. The highest BCUT2D eigenvalue weighted by molar-refractivity contribution is 5.79. The maximum Gasteiger partial charge on any atom is 0.135 e. The van der Waals surface area contributed by atoms with Crippen LogP contribution in [-0.2, 0) is 4.79 Å². The molecule has 2 fully saturated rings. The number of ketones is 1. The zero-order chi connectivity index (χ0) is 9.80. The Morgan fingerprint density at radius 3 is 2.43 bits per heavy atom. The summed E-state index contributed by atoms with van der Waals surface area (Å²) in [5, 5.41) is 0. The molecule has 1 saturated heterocycles. The van der Waals surface area contributed by atoms with Gasteiger partial charge in [0.05, 0.1) is 0 Å². The third-order valence-corrected chi connectivity index (χ3v) is 3.74. The first-order chi connectivity index (χ1) is 6.84. The van der Waals surface area contributed by atoms with Gasteiger partial charge in [-0.3, -0.25) is 4.79 Å². The Morgan fingerprint density at radius 1 is 1.14 bits per heavy atom. The van der Waals surface area contributed by atoms with Gasteiger partial charge in [0.15, 0.2) is 0 Å². The van der Waals surface area contributed by atoms with Gasteiger partial charge in [-0.05, 0) is 18.9 Å². The summed E-state index contributed by atoms with van der Waals surface area (Å²) in [6.07, 6.45) is 8.76. The Hall–Kier alpha value is -0.370. The van der Waals surface area contributed by atoms with Crippen molar-refractivity contribution < 1.29 is 4.79 Å². The minimum absolute atomic E-state index is 0.460. The van der Waals surface area contributed by atoms with Crippen LogP contribution in [0.4, 0.5) is 0 Å². The molecule has 2 rings (SSSR count). The van der Waals surface area contributed by atoms with E-state index >= 15 is 0 Å². The van der Waals surface area contributed by atoms with Gasteiger partial charge in [-0.25, -0.2) is 0 Å². The number of Topliss-reactive ketones (excluding diaryl/α,β-unsaturated/α-hetero) is 1. The Bertz CT molecular complexity index is 186. The van der Waals surface area contributed by atoms with Gasteiger partial charge in [0.2, 0.25) is 0 Å². The highest BCUT2D eigenvalue weighted by atomic mass is 16.1. The van der Waals surface area contributed by atoms with Crippen LogP contribution in [0.1, 0.15) is 44.9 Å². The monoisotopic (exact) mass is 195 g/mol. The lowest BCUT2D eigenvalue weighted by Crippen LogP contribution is -2.35. The lowest BCUT2D eigenvalue weighted by atomic mass is 10.0. The van der Waals surface area contributed by atoms with E-state index in [0.29, 0.717) is 5.78 Å². The summed E-state index contributed by atoms with van der Waals surface area (Å²) >= 11 is 0. The second-order valence-electron chi connectivity index (χ2n) is 4.82. The summed E-state index contributed by atoms with van der Waals surface area (Å²) in [6.45, 7) is 3.27. The predicted molar refractivity (Wildman–Crippen MR) is 57.3 cm³/mol. The third-order valence-electron chi connectivity index (χ3n) is 3.74. The smallest absolute Gasteiger partial charge is 0.135 e. The van der Waals surface area contributed by atoms with E-state index in [2.05, 4.69) is 4.90 Å². The van der Waals surface area contributed by atoms with Crippen molar-refractivity contribution in [2.24, 2.45) is 5.92 Å². The van der Waals surface area contributed by atoms with Crippen LogP contribution in [0.25, 0.3) is 0 Å². The van der Waals surface area contributed by atoms with Crippen molar-refractivity contribution in [2.45, 2.75) is 44.9 Å². The molecule has 0 radical (unpaired) electrons. The SMILES string of the molecule is O=C1CCN(CCC2CCCC2)CC1. The van der Waals surface area contributed by atoms with Crippen molar-refractivity contribution in [2.75, 3.05) is 19.6 Å². The maximum absolute atomic E-state index is 11.0. The van der Waals surface area contributed by atoms with E-state index in [1.165, 1.54) is 38.6 Å². The first kappa shape index (κ1) is 10.2. The molecule has 1 aliphatic carbocycles. The molecule has 0 aromatic rings. The van der Waals surface area contributed by atoms with E-state index in [-0.39, 0.29) is 0 Å². The fourth-order valence-corrected chi connectivity index (χ4v) is 2.69. The minimum atomic E-state index is 0.460. The van der Waals surface area contributed by atoms with Crippen LogP contribution in [0, 0.1) is 5.92 Å². The van der Waals surface area contributed by atoms with Crippen molar-refractivity contribution in [3.8, 4) is 0 Å². The Kier molecular flexibility index (Phi) is 3.57. The molecule has 1 heterocycles. The lowest BCUT2D eigenvalue weighted by molar-refractivity contribution is -0.121. The van der Waals surface area contributed by atoms with Crippen molar-refractivity contribution >= 4 is 5.78 Å². The number of hydrogen-bond acceptors (Lipinski definition) is 2. The van der Waals surface area contributed by atoms with Crippen molar-refractivity contribution in [1.82, 2.24) is 4.90 Å². The number of rotatable bonds is 3. The highest BCUT2D eigenvalue weighted by Gasteiger charge is 2.19. The summed E-state index contributed by atoms with van der Waals surface area (Å²) in [5.74, 6) is 1.45. The van der Waals surface area contributed by atoms with Gasteiger partial charge in [0.25, 0.3) is 0 Å². The molecule has 2 nitrogen and oxygen atoms in total. The standard InChI is InChI=1S/C12H21NO/c14-12-6-9-13(10-7-12)8-5-11-3-1-2-4-11/h11H,1-10H2. The fraction of sp³-hybridized carbons (Fsp3) is 0.917. The van der Waals surface area contributed by atoms with Gasteiger partial charge in [-0.15, -0.1) is 0 Å². The number of nitrogens with zero attached hydrogens (tertiary/aromatic N) is 1. The molecule has 0 atom stereocenters. The highest BCUT2D eigenvalue weighted by Crippen LogP contribution is 2.27. The molecule has 0 spiro atoms. The molecule has 0 aromatic carbocycles. The van der Waals surface area contributed by atoms with Crippen molar-refractivity contribution in [3.05, 3.63) is 0 Å². The van der Waals surface area contributed by atoms with Gasteiger partial charge >= 0.3 is 0 Å². The molecular formula is C12H21NO. The number of piperidine rings is 1. The Morgan fingerprint density at radius 2 is 1.79 bits per heavy atom. The van der Waals surface area contributed by atoms with Gasteiger partial charge in [0, 0.05) is 25.9 Å². The van der Waals surface area contributed by atoms with E-state index in [9.17, 15) is 4.79 Å². The number of hydrogen-bond donors (Lipinski definition) is 0. The van der Waals surface area contributed by atoms with Gasteiger partial charge in [-0.1, -0.05) is 25.7 Å². The van der Waals surface area contributed by atoms with Crippen molar-refractivity contribution in [3.63, 3.8) is 0 Å². The normalized spacial score (nSPS) is 25.9. The third kappa shape index (κ3) is 2.81. The average molecular weight is 195 g/mol. The zero-order valence-corrected chi connectivity index (χ0v) is 9.00. The molecule has 1 saturated carbocycles. The second kappa shape index (κ2) is 4.92. The minimum Gasteiger partial charge on any atom is -0.302 e. The van der Waals surface area contributed by atoms with Gasteiger partial charge < -0.3 is 4.90 Å². The number of likely N-dealkylation sites (tertiary alicyclic amines) is 1. The lowest BCUT2D eigenvalue weighted by Gasteiger charge is -2.26. The van der Waals surface area contributed by atoms with E-state index in [0.717, 1.165) is 31.8 Å². The quantitative estimate of drug-likeness (QED) is 0.688. The van der Waals surface area contributed by atoms with Crippen LogP contribution in [0.5, 0.6) is 0 Å². The van der Waals surface area contributed by atoms with Gasteiger partial charge in [-0.2, -0.15) is 0 Å². The van der Waals surface area contributed by atoms with Crippen LogP contribution in [-0.4, -0.2) is 30.3 Å². The molecular weight excluding hydrogens is 174 g/mol. The number of carbonyl (C=O) groups is 1. The molecule has 0 bridgehead atoms. The molecule has 0 aromatic heterocycles. The van der Waals surface area contributed by atoms with Crippen LogP contribution in [0.3, 0.4) is 0 Å². The molecule has 2 aliphatic rings. The molecule has 0 amide bonds. The predicted octanol–water partition coefficient (Wildman–Crippen LogP) is 2.23. The molecule has 0 N–H and O–H groups in total.